The fourth-order valence-electron chi connectivity index (χ4n) is 1.60. The van der Waals surface area contributed by atoms with Crippen molar-refractivity contribution in [2.24, 2.45) is 5.10 Å². The molecule has 0 aromatic heterocycles. The van der Waals surface area contributed by atoms with Gasteiger partial charge in [-0.3, -0.25) is 10.2 Å². The zero-order valence-corrected chi connectivity index (χ0v) is 11.5. The van der Waals surface area contributed by atoms with Crippen molar-refractivity contribution in [3.05, 3.63) is 59.7 Å². The zero-order chi connectivity index (χ0) is 14.4. The number of aryl methyl sites for hydroxylation is 1. The Morgan fingerprint density at radius 1 is 1.10 bits per heavy atom. The summed E-state index contributed by atoms with van der Waals surface area (Å²) in [5, 5.41) is 4.15. The Labute approximate surface area is 118 Å². The highest BCUT2D eigenvalue weighted by atomic mass is 16.5. The van der Waals surface area contributed by atoms with Crippen LogP contribution in [0.4, 0.5) is 5.69 Å². The van der Waals surface area contributed by atoms with Crippen LogP contribution in [0, 0.1) is 6.92 Å². The number of carbonyl (C=O) groups is 1. The van der Waals surface area contributed by atoms with Crippen LogP contribution in [0.2, 0.25) is 0 Å². The quantitative estimate of drug-likeness (QED) is 0.400. The van der Waals surface area contributed by atoms with Crippen molar-refractivity contribution in [1.82, 2.24) is 0 Å². The maximum Gasteiger partial charge on any atom is 0.308 e. The van der Waals surface area contributed by atoms with E-state index in [4.69, 9.17) is 4.74 Å². The number of nitrogens with one attached hydrogen (secondary N) is 1. The van der Waals surface area contributed by atoms with Crippen LogP contribution in [-0.2, 0) is 4.79 Å². The number of hydrogen-bond acceptors (Lipinski definition) is 4. The summed E-state index contributed by atoms with van der Waals surface area (Å²) in [6, 6.07) is 15.1. The summed E-state index contributed by atoms with van der Waals surface area (Å²) in [6.45, 7) is 3.42. The van der Waals surface area contributed by atoms with Crippen LogP contribution in [0.5, 0.6) is 5.75 Å². The first-order chi connectivity index (χ1) is 9.63. The van der Waals surface area contributed by atoms with Gasteiger partial charge in [-0.15, -0.1) is 0 Å². The first-order valence-electron chi connectivity index (χ1n) is 6.28. The second-order valence-corrected chi connectivity index (χ2v) is 4.40. The molecule has 0 radical (unpaired) electrons. The van der Waals surface area contributed by atoms with E-state index in [0.717, 1.165) is 11.3 Å². The van der Waals surface area contributed by atoms with Gasteiger partial charge in [-0.25, -0.2) is 0 Å². The molecule has 2 aromatic rings. The Morgan fingerprint density at radius 3 is 2.35 bits per heavy atom. The second-order valence-electron chi connectivity index (χ2n) is 4.40. The zero-order valence-electron chi connectivity index (χ0n) is 11.5. The van der Waals surface area contributed by atoms with Crippen molar-refractivity contribution < 1.29 is 9.53 Å². The Kier molecular flexibility index (Phi) is 4.50. The molecule has 4 nitrogen and oxygen atoms in total. The van der Waals surface area contributed by atoms with Gasteiger partial charge < -0.3 is 4.74 Å². The monoisotopic (exact) mass is 268 g/mol. The van der Waals surface area contributed by atoms with Gasteiger partial charge >= 0.3 is 5.97 Å². The first kappa shape index (κ1) is 13.8. The van der Waals surface area contributed by atoms with E-state index in [0.29, 0.717) is 5.75 Å². The van der Waals surface area contributed by atoms with Crippen LogP contribution in [0.25, 0.3) is 0 Å². The van der Waals surface area contributed by atoms with Crippen LogP contribution in [-0.4, -0.2) is 12.2 Å². The first-order valence-corrected chi connectivity index (χ1v) is 6.28. The van der Waals surface area contributed by atoms with E-state index < -0.39 is 0 Å². The van der Waals surface area contributed by atoms with Crippen molar-refractivity contribution in [2.75, 3.05) is 5.43 Å². The summed E-state index contributed by atoms with van der Waals surface area (Å²) in [7, 11) is 0. The van der Waals surface area contributed by atoms with E-state index in [1.165, 1.54) is 12.5 Å². The van der Waals surface area contributed by atoms with Gasteiger partial charge in [-0.2, -0.15) is 5.10 Å². The van der Waals surface area contributed by atoms with Gasteiger partial charge in [0.2, 0.25) is 0 Å². The summed E-state index contributed by atoms with van der Waals surface area (Å²) >= 11 is 0. The van der Waals surface area contributed by atoms with E-state index in [1.54, 1.807) is 18.3 Å². The lowest BCUT2D eigenvalue weighted by molar-refractivity contribution is -0.131. The summed E-state index contributed by atoms with van der Waals surface area (Å²) in [4.78, 5) is 10.8. The number of benzene rings is 2. The Bertz CT molecular complexity index is 601. The van der Waals surface area contributed by atoms with Gasteiger partial charge in [0.1, 0.15) is 5.75 Å². The second kappa shape index (κ2) is 6.52. The number of ether oxygens (including phenoxy) is 1. The van der Waals surface area contributed by atoms with Gasteiger partial charge in [-0.1, -0.05) is 17.7 Å². The van der Waals surface area contributed by atoms with E-state index >= 15 is 0 Å². The minimum atomic E-state index is -0.326. The van der Waals surface area contributed by atoms with Crippen LogP contribution in [0.3, 0.4) is 0 Å². The third-order valence-corrected chi connectivity index (χ3v) is 2.60. The van der Waals surface area contributed by atoms with E-state index in [1.807, 2.05) is 43.3 Å². The van der Waals surface area contributed by atoms with Gasteiger partial charge in [-0.05, 0) is 48.9 Å². The van der Waals surface area contributed by atoms with E-state index in [9.17, 15) is 4.79 Å². The summed E-state index contributed by atoms with van der Waals surface area (Å²) in [5.41, 5.74) is 6.01. The molecule has 0 aliphatic heterocycles. The fraction of sp³-hybridized carbons (Fsp3) is 0.125. The van der Waals surface area contributed by atoms with Gasteiger partial charge in [0.25, 0.3) is 0 Å². The van der Waals surface area contributed by atoms with Crippen LogP contribution in [0.15, 0.2) is 53.6 Å². The normalized spacial score (nSPS) is 10.5. The van der Waals surface area contributed by atoms with Crippen molar-refractivity contribution in [2.45, 2.75) is 13.8 Å². The summed E-state index contributed by atoms with van der Waals surface area (Å²) in [5.74, 6) is 0.202. The molecule has 0 heterocycles. The topological polar surface area (TPSA) is 50.7 Å². The molecule has 0 aliphatic carbocycles. The molecule has 0 aliphatic rings. The average Bonchev–Trinajstić information content (AvgIpc) is 2.42. The van der Waals surface area contributed by atoms with Gasteiger partial charge in [0, 0.05) is 6.92 Å². The van der Waals surface area contributed by atoms with Crippen molar-refractivity contribution in [3.8, 4) is 5.75 Å². The molecule has 4 heteroatoms. The van der Waals surface area contributed by atoms with Crippen LogP contribution in [0.1, 0.15) is 18.1 Å². The standard InChI is InChI=1S/C16H16N2O2/c1-12-3-7-15(8-4-12)18-17-11-14-5-9-16(10-6-14)20-13(2)19/h3-11,18H,1-2H3/b17-11+. The summed E-state index contributed by atoms with van der Waals surface area (Å²) < 4.78 is 4.96. The molecule has 0 atom stereocenters. The van der Waals surface area contributed by atoms with Crippen molar-refractivity contribution >= 4 is 17.9 Å². The molecular formula is C16H16N2O2. The molecule has 0 saturated heterocycles. The molecule has 0 fully saturated rings. The molecule has 102 valence electrons. The number of carbonyl (C=O) groups excluding carboxylic acids is 1. The lowest BCUT2D eigenvalue weighted by Gasteiger charge is -2.02. The fourth-order valence-corrected chi connectivity index (χ4v) is 1.60. The lowest BCUT2D eigenvalue weighted by atomic mass is 10.2. The largest absolute Gasteiger partial charge is 0.427 e. The highest BCUT2D eigenvalue weighted by Crippen LogP contribution is 2.12. The predicted octanol–water partition coefficient (Wildman–Crippen LogP) is 3.37. The molecule has 0 saturated carbocycles. The third kappa shape index (κ3) is 4.24. The van der Waals surface area contributed by atoms with E-state index in [-0.39, 0.29) is 5.97 Å². The Morgan fingerprint density at radius 2 is 1.75 bits per heavy atom. The molecule has 20 heavy (non-hydrogen) atoms. The van der Waals surface area contributed by atoms with Crippen molar-refractivity contribution in [1.29, 1.82) is 0 Å². The van der Waals surface area contributed by atoms with Crippen molar-refractivity contribution in [3.63, 3.8) is 0 Å². The highest BCUT2D eigenvalue weighted by Gasteiger charge is 1.96. The molecular weight excluding hydrogens is 252 g/mol. The Balaban J connectivity index is 1.94. The predicted molar refractivity (Wildman–Crippen MR) is 80.1 cm³/mol. The highest BCUT2D eigenvalue weighted by molar-refractivity contribution is 5.80. The maximum absolute atomic E-state index is 10.8. The van der Waals surface area contributed by atoms with Gasteiger partial charge in [0.05, 0.1) is 11.9 Å². The molecule has 2 aromatic carbocycles. The number of hydrazone groups is 1. The minimum Gasteiger partial charge on any atom is -0.427 e. The van der Waals surface area contributed by atoms with Gasteiger partial charge in [0.15, 0.2) is 0 Å². The summed E-state index contributed by atoms with van der Waals surface area (Å²) in [6.07, 6.45) is 1.71. The van der Waals surface area contributed by atoms with E-state index in [2.05, 4.69) is 10.5 Å². The number of esters is 1. The molecule has 0 spiro atoms. The SMILES string of the molecule is CC(=O)Oc1ccc(/C=N/Nc2ccc(C)cc2)cc1. The smallest absolute Gasteiger partial charge is 0.308 e. The lowest BCUT2D eigenvalue weighted by Crippen LogP contribution is -2.01. The maximum atomic E-state index is 10.8. The minimum absolute atomic E-state index is 0.326. The number of anilines is 1. The molecule has 0 unspecified atom stereocenters. The number of rotatable bonds is 4. The molecule has 0 bridgehead atoms. The Hall–Kier alpha value is -2.62. The number of nitrogens with zero attached hydrogens (tertiary/aromatic N) is 1. The number of hydrogen-bond donors (Lipinski definition) is 1. The molecule has 2 rings (SSSR count). The van der Waals surface area contributed by atoms with Crippen LogP contribution >= 0.6 is 0 Å². The average molecular weight is 268 g/mol. The van der Waals surface area contributed by atoms with Crippen LogP contribution < -0.4 is 10.2 Å². The molecule has 1 N–H and O–H groups in total. The third-order valence-electron chi connectivity index (χ3n) is 2.60. The molecule has 0 amide bonds.